The Morgan fingerprint density at radius 1 is 1.27 bits per heavy atom. The van der Waals surface area contributed by atoms with Crippen LogP contribution >= 0.6 is 11.3 Å². The minimum Gasteiger partial charge on any atom is -0.497 e. The molecule has 2 aromatic rings. The summed E-state index contributed by atoms with van der Waals surface area (Å²) in [5, 5.41) is 7.73. The Kier molecular flexibility index (Phi) is 7.26. The molecule has 1 aromatic heterocycles. The molecule has 0 fully saturated rings. The second kappa shape index (κ2) is 9.43. The van der Waals surface area contributed by atoms with Crippen molar-refractivity contribution in [3.05, 3.63) is 39.3 Å². The zero-order chi connectivity index (χ0) is 19.1. The topological polar surface area (TPSA) is 67.8 Å². The molecule has 0 saturated carbocycles. The summed E-state index contributed by atoms with van der Waals surface area (Å²) in [4.78, 5) is 10.5. The van der Waals surface area contributed by atoms with E-state index >= 15 is 0 Å². The molecule has 0 bridgehead atoms. The van der Waals surface area contributed by atoms with Crippen molar-refractivity contribution in [2.24, 2.45) is 4.99 Å². The summed E-state index contributed by atoms with van der Waals surface area (Å²) in [7, 11) is 3.33. The fraction of sp³-hybridized carbons (Fsp3) is 0.474. The molecular weight excluding hydrogens is 348 g/mol. The molecule has 0 aliphatic rings. The Balaban J connectivity index is 2.16. The zero-order valence-corrected chi connectivity index (χ0v) is 17.2. The predicted molar refractivity (Wildman–Crippen MR) is 108 cm³/mol. The Hall–Kier alpha value is -2.28. The first-order valence-corrected chi connectivity index (χ1v) is 9.49. The van der Waals surface area contributed by atoms with Crippen molar-refractivity contribution in [2.45, 2.75) is 40.3 Å². The number of aryl methyl sites for hydroxylation is 2. The number of rotatable bonds is 7. The van der Waals surface area contributed by atoms with Crippen molar-refractivity contribution in [1.29, 1.82) is 0 Å². The second-order valence-electron chi connectivity index (χ2n) is 5.92. The van der Waals surface area contributed by atoms with Crippen molar-refractivity contribution in [3.63, 3.8) is 0 Å². The van der Waals surface area contributed by atoms with Crippen LogP contribution in [0.4, 0.5) is 0 Å². The summed E-state index contributed by atoms with van der Waals surface area (Å²) in [6.07, 6.45) is 0. The van der Waals surface area contributed by atoms with Crippen LogP contribution in [0.25, 0.3) is 0 Å². The van der Waals surface area contributed by atoms with Crippen LogP contribution < -0.4 is 20.1 Å². The van der Waals surface area contributed by atoms with E-state index in [1.54, 1.807) is 25.6 Å². The van der Waals surface area contributed by atoms with E-state index in [1.165, 1.54) is 4.88 Å². The molecule has 0 radical (unpaired) electrons. The van der Waals surface area contributed by atoms with Gasteiger partial charge in [0, 0.05) is 17.0 Å². The maximum atomic E-state index is 5.49. The smallest absolute Gasteiger partial charge is 0.192 e. The van der Waals surface area contributed by atoms with E-state index < -0.39 is 0 Å². The molecule has 1 heterocycles. The maximum Gasteiger partial charge on any atom is 0.192 e. The molecule has 2 rings (SSSR count). The molecule has 1 atom stereocenters. The van der Waals surface area contributed by atoms with Crippen LogP contribution in [0.1, 0.15) is 41.0 Å². The third-order valence-electron chi connectivity index (χ3n) is 4.05. The van der Waals surface area contributed by atoms with Gasteiger partial charge in [-0.05, 0) is 45.9 Å². The van der Waals surface area contributed by atoms with Gasteiger partial charge in [-0.1, -0.05) is 0 Å². The molecule has 142 valence electrons. The third-order valence-corrected chi connectivity index (χ3v) is 5.10. The lowest BCUT2D eigenvalue weighted by molar-refractivity contribution is 0.394. The quantitative estimate of drug-likeness (QED) is 0.571. The van der Waals surface area contributed by atoms with Gasteiger partial charge in [-0.2, -0.15) is 0 Å². The molecular formula is C19H28N4O2S. The molecule has 0 aliphatic carbocycles. The Labute approximate surface area is 159 Å². The van der Waals surface area contributed by atoms with Crippen LogP contribution in [0.15, 0.2) is 23.2 Å². The molecule has 1 unspecified atom stereocenters. The van der Waals surface area contributed by atoms with Crippen molar-refractivity contribution in [2.75, 3.05) is 20.8 Å². The lowest BCUT2D eigenvalue weighted by Crippen LogP contribution is -2.38. The van der Waals surface area contributed by atoms with Gasteiger partial charge >= 0.3 is 0 Å². The van der Waals surface area contributed by atoms with Gasteiger partial charge in [-0.3, -0.25) is 0 Å². The molecule has 7 heteroatoms. The third kappa shape index (κ3) is 5.11. The van der Waals surface area contributed by atoms with Crippen LogP contribution in [0, 0.1) is 13.8 Å². The average Bonchev–Trinajstić information content (AvgIpc) is 2.97. The number of nitrogens with zero attached hydrogens (tertiary/aromatic N) is 2. The van der Waals surface area contributed by atoms with E-state index in [0.717, 1.165) is 40.3 Å². The fourth-order valence-electron chi connectivity index (χ4n) is 2.53. The number of hydrogen-bond acceptors (Lipinski definition) is 5. The zero-order valence-electron chi connectivity index (χ0n) is 16.3. The maximum absolute atomic E-state index is 5.49. The SMILES string of the molecule is CCNC(=NCc1nc(C)c(C)s1)NC(C)c1cc(OC)ccc1OC. The molecule has 0 amide bonds. The first-order chi connectivity index (χ1) is 12.5. The van der Waals surface area contributed by atoms with Crippen LogP contribution in [-0.4, -0.2) is 31.7 Å². The molecule has 0 spiro atoms. The van der Waals surface area contributed by atoms with Gasteiger partial charge in [-0.25, -0.2) is 9.98 Å². The van der Waals surface area contributed by atoms with Gasteiger partial charge in [0.2, 0.25) is 0 Å². The van der Waals surface area contributed by atoms with Gasteiger partial charge in [0.15, 0.2) is 5.96 Å². The lowest BCUT2D eigenvalue weighted by Gasteiger charge is -2.20. The summed E-state index contributed by atoms with van der Waals surface area (Å²) < 4.78 is 10.8. The largest absolute Gasteiger partial charge is 0.497 e. The Morgan fingerprint density at radius 2 is 2.04 bits per heavy atom. The summed E-state index contributed by atoms with van der Waals surface area (Å²) in [5.74, 6) is 2.35. The van der Waals surface area contributed by atoms with Crippen LogP contribution in [0.2, 0.25) is 0 Å². The number of benzene rings is 1. The number of guanidine groups is 1. The van der Waals surface area contributed by atoms with Crippen molar-refractivity contribution in [1.82, 2.24) is 15.6 Å². The van der Waals surface area contributed by atoms with E-state index in [-0.39, 0.29) is 6.04 Å². The highest BCUT2D eigenvalue weighted by atomic mass is 32.1. The van der Waals surface area contributed by atoms with Crippen molar-refractivity contribution in [3.8, 4) is 11.5 Å². The number of hydrogen-bond donors (Lipinski definition) is 2. The number of ether oxygens (including phenoxy) is 2. The highest BCUT2D eigenvalue weighted by Gasteiger charge is 2.14. The minimum absolute atomic E-state index is 0.00221. The normalized spacial score (nSPS) is 12.6. The number of nitrogens with one attached hydrogen (secondary N) is 2. The fourth-order valence-corrected chi connectivity index (χ4v) is 3.39. The summed E-state index contributed by atoms with van der Waals surface area (Å²) in [5.41, 5.74) is 2.09. The van der Waals surface area contributed by atoms with Crippen LogP contribution in [0.5, 0.6) is 11.5 Å². The summed E-state index contributed by atoms with van der Waals surface area (Å²) >= 11 is 1.69. The Morgan fingerprint density at radius 3 is 2.62 bits per heavy atom. The number of thiazole rings is 1. The number of aromatic nitrogens is 1. The second-order valence-corrected chi connectivity index (χ2v) is 7.21. The monoisotopic (exact) mass is 376 g/mol. The van der Waals surface area contributed by atoms with Crippen LogP contribution in [0.3, 0.4) is 0 Å². The highest BCUT2D eigenvalue weighted by molar-refractivity contribution is 7.11. The van der Waals surface area contributed by atoms with Crippen molar-refractivity contribution >= 4 is 17.3 Å². The molecule has 0 aliphatic heterocycles. The number of aliphatic imine (C=N–C) groups is 1. The van der Waals surface area contributed by atoms with Crippen LogP contribution in [-0.2, 0) is 6.54 Å². The van der Waals surface area contributed by atoms with Gasteiger partial charge < -0.3 is 20.1 Å². The van der Waals surface area contributed by atoms with Crippen molar-refractivity contribution < 1.29 is 9.47 Å². The average molecular weight is 377 g/mol. The van der Waals surface area contributed by atoms with Gasteiger partial charge in [0.25, 0.3) is 0 Å². The molecule has 0 saturated heterocycles. The molecule has 26 heavy (non-hydrogen) atoms. The highest BCUT2D eigenvalue weighted by Crippen LogP contribution is 2.29. The summed E-state index contributed by atoms with van der Waals surface area (Å²) in [6, 6.07) is 5.78. The lowest BCUT2D eigenvalue weighted by atomic mass is 10.1. The Bertz CT molecular complexity index is 738. The first-order valence-electron chi connectivity index (χ1n) is 8.68. The van der Waals surface area contributed by atoms with Gasteiger partial charge in [0.1, 0.15) is 16.5 Å². The van der Waals surface area contributed by atoms with E-state index in [2.05, 4.69) is 34.5 Å². The predicted octanol–water partition coefficient (Wildman–Crippen LogP) is 3.59. The molecule has 6 nitrogen and oxygen atoms in total. The van der Waals surface area contributed by atoms with E-state index in [1.807, 2.05) is 32.0 Å². The molecule has 1 aromatic carbocycles. The number of methoxy groups -OCH3 is 2. The van der Waals surface area contributed by atoms with E-state index in [9.17, 15) is 0 Å². The van der Waals surface area contributed by atoms with E-state index in [4.69, 9.17) is 9.47 Å². The standard InChI is InChI=1S/C19H28N4O2S/c1-7-20-19(21-11-18-22-12(2)14(4)26-18)23-13(3)16-10-15(24-5)8-9-17(16)25-6/h8-10,13H,7,11H2,1-6H3,(H2,20,21,23). The van der Waals surface area contributed by atoms with Gasteiger partial charge in [0.05, 0.1) is 32.5 Å². The minimum atomic E-state index is -0.00221. The first kappa shape index (κ1) is 20.0. The molecule has 2 N–H and O–H groups in total. The van der Waals surface area contributed by atoms with Gasteiger partial charge in [-0.15, -0.1) is 11.3 Å². The summed E-state index contributed by atoms with van der Waals surface area (Å²) in [6.45, 7) is 9.56. The van der Waals surface area contributed by atoms with E-state index in [0.29, 0.717) is 6.54 Å².